The van der Waals surface area contributed by atoms with E-state index in [-0.39, 0.29) is 6.10 Å². The molecule has 5 heteroatoms. The molecule has 5 nitrogen and oxygen atoms in total. The van der Waals surface area contributed by atoms with Crippen molar-refractivity contribution in [2.45, 2.75) is 57.2 Å². The monoisotopic (exact) mass is 315 g/mol. The molecular formula is C18H25N3O2. The first-order valence-corrected chi connectivity index (χ1v) is 8.71. The first-order chi connectivity index (χ1) is 11.3. The van der Waals surface area contributed by atoms with Gasteiger partial charge < -0.3 is 9.15 Å². The van der Waals surface area contributed by atoms with Crippen molar-refractivity contribution in [3.8, 4) is 0 Å². The number of furan rings is 1. The summed E-state index contributed by atoms with van der Waals surface area (Å²) in [6.07, 6.45) is 6.19. The van der Waals surface area contributed by atoms with Crippen LogP contribution in [0.2, 0.25) is 0 Å². The third-order valence-corrected chi connectivity index (χ3v) is 4.69. The molecule has 124 valence electrons. The van der Waals surface area contributed by atoms with Gasteiger partial charge in [-0.15, -0.1) is 0 Å². The second-order valence-corrected chi connectivity index (χ2v) is 6.92. The summed E-state index contributed by atoms with van der Waals surface area (Å²) < 4.78 is 11.8. The molecule has 1 aliphatic heterocycles. The summed E-state index contributed by atoms with van der Waals surface area (Å²) in [4.78, 5) is 2.24. The average molecular weight is 315 g/mol. The Balaban J connectivity index is 1.32. The number of aromatic amines is 1. The Bertz CT molecular complexity index is 638. The van der Waals surface area contributed by atoms with Gasteiger partial charge in [-0.3, -0.25) is 10.00 Å². The second-order valence-electron chi connectivity index (χ2n) is 6.92. The molecule has 0 unspecified atom stereocenters. The number of ether oxygens (including phenoxy) is 1. The van der Waals surface area contributed by atoms with Gasteiger partial charge in [0, 0.05) is 24.8 Å². The van der Waals surface area contributed by atoms with Crippen molar-refractivity contribution >= 4 is 0 Å². The van der Waals surface area contributed by atoms with E-state index in [4.69, 9.17) is 9.15 Å². The fourth-order valence-corrected chi connectivity index (χ4v) is 3.28. The van der Waals surface area contributed by atoms with Crippen LogP contribution in [0, 0.1) is 0 Å². The van der Waals surface area contributed by atoms with E-state index in [1.807, 2.05) is 0 Å². The maximum absolute atomic E-state index is 5.99. The van der Waals surface area contributed by atoms with Gasteiger partial charge in [0.1, 0.15) is 17.6 Å². The zero-order chi connectivity index (χ0) is 15.6. The number of aromatic nitrogens is 2. The molecule has 4 rings (SSSR count). The lowest BCUT2D eigenvalue weighted by atomic mass is 10.1. The molecule has 0 bridgehead atoms. The van der Waals surface area contributed by atoms with Gasteiger partial charge in [0.15, 0.2) is 0 Å². The fraction of sp³-hybridized carbons (Fsp3) is 0.611. The van der Waals surface area contributed by atoms with Gasteiger partial charge in [-0.2, -0.15) is 5.10 Å². The summed E-state index contributed by atoms with van der Waals surface area (Å²) in [5, 5.41) is 7.57. The van der Waals surface area contributed by atoms with Crippen molar-refractivity contribution in [3.05, 3.63) is 41.1 Å². The molecule has 23 heavy (non-hydrogen) atoms. The second kappa shape index (κ2) is 6.49. The highest BCUT2D eigenvalue weighted by Gasteiger charge is 2.26. The molecule has 1 N–H and O–H groups in total. The van der Waals surface area contributed by atoms with Gasteiger partial charge in [-0.25, -0.2) is 0 Å². The summed E-state index contributed by atoms with van der Waals surface area (Å²) in [5.41, 5.74) is 2.40. The Morgan fingerprint density at radius 3 is 2.91 bits per heavy atom. The third kappa shape index (κ3) is 3.67. The quantitative estimate of drug-likeness (QED) is 0.882. The van der Waals surface area contributed by atoms with E-state index in [1.54, 1.807) is 0 Å². The summed E-state index contributed by atoms with van der Waals surface area (Å²) in [6, 6.07) is 6.35. The van der Waals surface area contributed by atoms with Crippen molar-refractivity contribution in [2.75, 3.05) is 13.7 Å². The number of rotatable bonds is 6. The van der Waals surface area contributed by atoms with Crippen LogP contribution in [0.15, 0.2) is 22.6 Å². The average Bonchev–Trinajstić information content (AvgIpc) is 3.14. The van der Waals surface area contributed by atoms with E-state index in [9.17, 15) is 0 Å². The molecule has 2 fully saturated rings. The Kier molecular flexibility index (Phi) is 4.23. The molecule has 1 saturated heterocycles. The Morgan fingerprint density at radius 1 is 1.22 bits per heavy atom. The van der Waals surface area contributed by atoms with Gasteiger partial charge in [0.05, 0.1) is 12.2 Å². The lowest BCUT2D eigenvalue weighted by Gasteiger charge is -2.20. The molecule has 1 aliphatic carbocycles. The standard InChI is InChI=1S/C18H25N3O2/c1-21(11-14-10-16(20-19-14)13-5-6-13)12-15-7-8-18(23-15)17-4-2-3-9-22-17/h7-8,10,13,17H,2-6,9,11-12H2,1H3,(H,19,20)/t17-/m1/s1. The van der Waals surface area contributed by atoms with Crippen molar-refractivity contribution in [1.29, 1.82) is 0 Å². The summed E-state index contributed by atoms with van der Waals surface area (Å²) in [7, 11) is 2.11. The highest BCUT2D eigenvalue weighted by atomic mass is 16.5. The topological polar surface area (TPSA) is 54.3 Å². The molecule has 2 aromatic rings. The zero-order valence-electron chi connectivity index (χ0n) is 13.8. The molecule has 0 amide bonds. The molecule has 3 heterocycles. The van der Waals surface area contributed by atoms with Gasteiger partial charge in [0.25, 0.3) is 0 Å². The normalized spacial score (nSPS) is 21.9. The Labute approximate surface area is 137 Å². The van der Waals surface area contributed by atoms with E-state index in [0.29, 0.717) is 5.92 Å². The number of nitrogens with one attached hydrogen (secondary N) is 1. The van der Waals surface area contributed by atoms with Crippen LogP contribution >= 0.6 is 0 Å². The maximum Gasteiger partial charge on any atom is 0.133 e. The van der Waals surface area contributed by atoms with Crippen LogP contribution in [0.4, 0.5) is 0 Å². The number of hydrogen-bond acceptors (Lipinski definition) is 4. The van der Waals surface area contributed by atoms with Gasteiger partial charge >= 0.3 is 0 Å². The van der Waals surface area contributed by atoms with Crippen molar-refractivity contribution < 1.29 is 9.15 Å². The van der Waals surface area contributed by atoms with E-state index in [2.05, 4.69) is 40.3 Å². The molecule has 1 atom stereocenters. The smallest absolute Gasteiger partial charge is 0.133 e. The van der Waals surface area contributed by atoms with Crippen molar-refractivity contribution in [2.24, 2.45) is 0 Å². The third-order valence-electron chi connectivity index (χ3n) is 4.69. The van der Waals surface area contributed by atoms with Crippen LogP contribution in [0.1, 0.15) is 67.0 Å². The Morgan fingerprint density at radius 2 is 2.13 bits per heavy atom. The molecule has 1 saturated carbocycles. The summed E-state index contributed by atoms with van der Waals surface area (Å²) in [6.45, 7) is 2.50. The molecular weight excluding hydrogens is 290 g/mol. The predicted octanol–water partition coefficient (Wildman–Crippen LogP) is 3.75. The van der Waals surface area contributed by atoms with Crippen LogP contribution in [-0.2, 0) is 17.8 Å². The molecule has 0 aromatic carbocycles. The van der Waals surface area contributed by atoms with E-state index in [0.717, 1.165) is 37.6 Å². The van der Waals surface area contributed by atoms with E-state index < -0.39 is 0 Å². The minimum Gasteiger partial charge on any atom is -0.462 e. The van der Waals surface area contributed by atoms with E-state index in [1.165, 1.54) is 37.1 Å². The van der Waals surface area contributed by atoms with Crippen LogP contribution in [0.3, 0.4) is 0 Å². The molecule has 2 aromatic heterocycles. The summed E-state index contributed by atoms with van der Waals surface area (Å²) in [5.74, 6) is 2.68. The Hall–Kier alpha value is -1.59. The first kappa shape index (κ1) is 15.0. The first-order valence-electron chi connectivity index (χ1n) is 8.71. The van der Waals surface area contributed by atoms with Gasteiger partial charge in [-0.1, -0.05) is 0 Å². The van der Waals surface area contributed by atoms with Gasteiger partial charge in [0.2, 0.25) is 0 Å². The van der Waals surface area contributed by atoms with Crippen LogP contribution in [0.5, 0.6) is 0 Å². The highest BCUT2D eigenvalue weighted by Crippen LogP contribution is 2.39. The largest absolute Gasteiger partial charge is 0.462 e. The highest BCUT2D eigenvalue weighted by molar-refractivity contribution is 5.17. The summed E-state index contributed by atoms with van der Waals surface area (Å²) >= 11 is 0. The van der Waals surface area contributed by atoms with Gasteiger partial charge in [-0.05, 0) is 57.4 Å². The van der Waals surface area contributed by atoms with Crippen LogP contribution in [-0.4, -0.2) is 28.8 Å². The maximum atomic E-state index is 5.99. The molecule has 0 radical (unpaired) electrons. The fourth-order valence-electron chi connectivity index (χ4n) is 3.28. The molecule has 0 spiro atoms. The van der Waals surface area contributed by atoms with Crippen LogP contribution in [0.25, 0.3) is 0 Å². The number of hydrogen-bond donors (Lipinski definition) is 1. The zero-order valence-corrected chi connectivity index (χ0v) is 13.8. The van der Waals surface area contributed by atoms with Crippen molar-refractivity contribution in [3.63, 3.8) is 0 Å². The lowest BCUT2D eigenvalue weighted by Crippen LogP contribution is -2.17. The van der Waals surface area contributed by atoms with Crippen LogP contribution < -0.4 is 0 Å². The van der Waals surface area contributed by atoms with Crippen molar-refractivity contribution in [1.82, 2.24) is 15.1 Å². The SMILES string of the molecule is CN(Cc1cc(C2CC2)n[nH]1)Cc1ccc([C@H]2CCCCO2)o1. The number of H-pyrrole nitrogens is 1. The minimum atomic E-state index is 0.150. The minimum absolute atomic E-state index is 0.150. The number of nitrogens with zero attached hydrogens (tertiary/aromatic N) is 2. The van der Waals surface area contributed by atoms with E-state index >= 15 is 0 Å². The lowest BCUT2D eigenvalue weighted by molar-refractivity contribution is 0.000904. The predicted molar refractivity (Wildman–Crippen MR) is 87.0 cm³/mol. The molecule has 2 aliphatic rings.